The van der Waals surface area contributed by atoms with Crippen LogP contribution in [0.2, 0.25) is 0 Å². The van der Waals surface area contributed by atoms with Crippen LogP contribution >= 0.6 is 0 Å². The average molecular weight is 653 g/mol. The third-order valence-corrected chi connectivity index (χ3v) is 12.7. The highest BCUT2D eigenvalue weighted by Gasteiger charge is 2.69. The van der Waals surface area contributed by atoms with Crippen LogP contribution in [0, 0.1) is 39.9 Å². The van der Waals surface area contributed by atoms with Gasteiger partial charge in [-0.15, -0.1) is 0 Å². The lowest BCUT2D eigenvalue weighted by atomic mass is 9.44. The summed E-state index contributed by atoms with van der Waals surface area (Å²) in [4.78, 5) is 55.7. The molecule has 11 atom stereocenters. The van der Waals surface area contributed by atoms with E-state index in [1.54, 1.807) is 36.2 Å². The summed E-state index contributed by atoms with van der Waals surface area (Å²) in [5.41, 5.74) is 5.99. The van der Waals surface area contributed by atoms with Crippen LogP contribution in [0.4, 0.5) is 0 Å². The number of aryl methyl sites for hydroxylation is 1. The first-order valence-electron chi connectivity index (χ1n) is 17.1. The predicted molar refractivity (Wildman–Crippen MR) is 175 cm³/mol. The van der Waals surface area contributed by atoms with E-state index < -0.39 is 41.2 Å². The van der Waals surface area contributed by atoms with Crippen molar-refractivity contribution in [2.24, 2.45) is 45.7 Å². The molecule has 11 heteroatoms. The number of nitrogens with zero attached hydrogens (tertiary/aromatic N) is 2. The van der Waals surface area contributed by atoms with Gasteiger partial charge in [-0.1, -0.05) is 46.3 Å². The summed E-state index contributed by atoms with van der Waals surface area (Å²) in [5.74, 6) is -0.457. The van der Waals surface area contributed by atoms with E-state index >= 15 is 0 Å². The van der Waals surface area contributed by atoms with Gasteiger partial charge in [-0.05, 0) is 67.9 Å². The lowest BCUT2D eigenvalue weighted by molar-refractivity contribution is -0.180. The summed E-state index contributed by atoms with van der Waals surface area (Å²) >= 11 is 0. The number of hydrogen-bond donors (Lipinski definition) is 4. The zero-order chi connectivity index (χ0) is 34.5. The molecule has 0 amide bonds. The lowest BCUT2D eigenvalue weighted by Crippen LogP contribution is -2.59. The molecule has 1 heterocycles. The maximum absolute atomic E-state index is 13.6. The molecule has 258 valence electrons. The first-order valence-corrected chi connectivity index (χ1v) is 17.1. The zero-order valence-corrected chi connectivity index (χ0v) is 28.6. The van der Waals surface area contributed by atoms with Gasteiger partial charge < -0.3 is 25.3 Å². The highest BCUT2D eigenvalue weighted by Crippen LogP contribution is 2.71. The van der Waals surface area contributed by atoms with E-state index in [2.05, 4.69) is 38.0 Å². The number of aromatic nitrogens is 2. The van der Waals surface area contributed by atoms with Crippen molar-refractivity contribution in [2.45, 2.75) is 117 Å². The smallest absolute Gasteiger partial charge is 0.321 e. The van der Waals surface area contributed by atoms with Crippen LogP contribution in [0.15, 0.2) is 36.3 Å². The van der Waals surface area contributed by atoms with Gasteiger partial charge >= 0.3 is 11.9 Å². The number of carboxylic acid groups (broad SMARTS) is 1. The number of aliphatic hydroxyl groups is 1. The number of allylic oxidation sites excluding steroid dienone is 4. The van der Waals surface area contributed by atoms with E-state index in [1.807, 2.05) is 13.0 Å². The number of aliphatic carboxylic acids is 1. The minimum Gasteiger partial charge on any atom is -0.480 e. The molecule has 0 aliphatic heterocycles. The third-order valence-electron chi connectivity index (χ3n) is 12.7. The van der Waals surface area contributed by atoms with Crippen LogP contribution < -0.4 is 11.1 Å². The van der Waals surface area contributed by atoms with Crippen molar-refractivity contribution in [3.05, 3.63) is 42.0 Å². The molecule has 0 spiro atoms. The summed E-state index contributed by atoms with van der Waals surface area (Å²) in [6, 6.07) is -1.74. The van der Waals surface area contributed by atoms with Crippen LogP contribution in [0.3, 0.4) is 0 Å². The van der Waals surface area contributed by atoms with Gasteiger partial charge in [-0.3, -0.25) is 24.5 Å². The summed E-state index contributed by atoms with van der Waals surface area (Å²) in [6.07, 6.45) is 10.9. The molecule has 11 nitrogen and oxygen atoms in total. The number of esters is 1. The van der Waals surface area contributed by atoms with Crippen molar-refractivity contribution in [3.63, 3.8) is 0 Å². The monoisotopic (exact) mass is 652 g/mol. The van der Waals surface area contributed by atoms with Gasteiger partial charge in [0.1, 0.15) is 24.2 Å². The Morgan fingerprint density at radius 1 is 1.26 bits per heavy atom. The van der Waals surface area contributed by atoms with Gasteiger partial charge in [0.05, 0.1) is 18.4 Å². The first-order chi connectivity index (χ1) is 22.0. The summed E-state index contributed by atoms with van der Waals surface area (Å²) in [5, 5.41) is 22.2. The number of nitrogens with one attached hydrogen (secondary N) is 1. The molecular weight excluding hydrogens is 600 g/mol. The third kappa shape index (κ3) is 6.15. The molecule has 3 unspecified atom stereocenters. The fraction of sp³-hybridized carbons (Fsp3) is 0.694. The quantitative estimate of drug-likeness (QED) is 0.193. The minimum atomic E-state index is -1.18. The van der Waals surface area contributed by atoms with Crippen LogP contribution in [-0.2, 0) is 36.9 Å². The molecule has 5 rings (SSSR count). The van der Waals surface area contributed by atoms with Crippen molar-refractivity contribution in [1.29, 1.82) is 0 Å². The summed E-state index contributed by atoms with van der Waals surface area (Å²) in [7, 11) is 0. The molecule has 4 aliphatic rings. The molecule has 1 aromatic rings. The van der Waals surface area contributed by atoms with Crippen molar-refractivity contribution < 1.29 is 34.1 Å². The Balaban J connectivity index is 1.35. The molecule has 0 aromatic carbocycles. The Hall–Kier alpha value is -3.15. The molecule has 5 N–H and O–H groups in total. The fourth-order valence-electron chi connectivity index (χ4n) is 9.79. The fourth-order valence-corrected chi connectivity index (χ4v) is 9.79. The topological polar surface area (TPSA) is 174 Å². The Morgan fingerprint density at radius 2 is 1.98 bits per heavy atom. The Bertz CT molecular complexity index is 1470. The highest BCUT2D eigenvalue weighted by atomic mass is 16.5. The van der Waals surface area contributed by atoms with Crippen LogP contribution in [0.25, 0.3) is 0 Å². The van der Waals surface area contributed by atoms with Gasteiger partial charge in [0, 0.05) is 48.4 Å². The van der Waals surface area contributed by atoms with E-state index in [0.717, 1.165) is 24.8 Å². The predicted octanol–water partition coefficient (Wildman–Crippen LogP) is 3.59. The SMILES string of the molecule is CCC(=O)[C@@]1(C)[C@H](C)C[C@H]2[C@@H]3CCC4=CC(=O)C=C[C@]4(C)[C@H]3[C@@H](OC(=O)CCn3cnc(CC(NC(O)C(C)N)C(=O)O)c3)C[C@@]21C. The number of imidazole rings is 1. The molecule has 3 saturated carbocycles. The molecule has 1 aromatic heterocycles. The average Bonchev–Trinajstić information content (AvgIpc) is 3.55. The number of aliphatic hydroxyl groups excluding tert-OH is 1. The van der Waals surface area contributed by atoms with E-state index in [0.29, 0.717) is 31.0 Å². The van der Waals surface area contributed by atoms with Gasteiger partial charge in [-0.2, -0.15) is 0 Å². The van der Waals surface area contributed by atoms with E-state index in [1.165, 1.54) is 0 Å². The van der Waals surface area contributed by atoms with Gasteiger partial charge in [0.2, 0.25) is 0 Å². The second-order valence-electron chi connectivity index (χ2n) is 15.2. The second kappa shape index (κ2) is 13.0. The summed E-state index contributed by atoms with van der Waals surface area (Å²) in [6.45, 7) is 12.6. The van der Waals surface area contributed by atoms with Crippen LogP contribution in [0.5, 0.6) is 0 Å². The normalized spacial score (nSPS) is 36.4. The molecular formula is C36H52N4O7. The van der Waals surface area contributed by atoms with Crippen LogP contribution in [-0.4, -0.2) is 67.7 Å². The van der Waals surface area contributed by atoms with Crippen LogP contribution in [0.1, 0.15) is 85.8 Å². The second-order valence-corrected chi connectivity index (χ2v) is 15.2. The number of hydrogen-bond acceptors (Lipinski definition) is 9. The molecule has 4 aliphatic carbocycles. The lowest BCUT2D eigenvalue weighted by Gasteiger charge is -2.60. The number of Topliss-reactive ketones (excluding diaryl/α,β-unsaturated/α-hetero) is 1. The minimum absolute atomic E-state index is 0.00370. The molecule has 0 saturated heterocycles. The largest absolute Gasteiger partial charge is 0.480 e. The molecule has 3 fully saturated rings. The number of carboxylic acids is 1. The zero-order valence-electron chi connectivity index (χ0n) is 28.6. The van der Waals surface area contributed by atoms with Gasteiger partial charge in [-0.25, -0.2) is 4.98 Å². The summed E-state index contributed by atoms with van der Waals surface area (Å²) < 4.78 is 8.18. The number of carbonyl (C=O) groups excluding carboxylic acids is 3. The van der Waals surface area contributed by atoms with E-state index in [-0.39, 0.29) is 53.5 Å². The van der Waals surface area contributed by atoms with Gasteiger partial charge in [0.15, 0.2) is 5.78 Å². The molecule has 0 radical (unpaired) electrons. The number of rotatable bonds is 12. The van der Waals surface area contributed by atoms with Gasteiger partial charge in [0.25, 0.3) is 0 Å². The number of carbonyl (C=O) groups is 4. The Labute approximate surface area is 277 Å². The van der Waals surface area contributed by atoms with Crippen molar-refractivity contribution >= 4 is 23.5 Å². The molecule has 47 heavy (non-hydrogen) atoms. The van der Waals surface area contributed by atoms with E-state index in [9.17, 15) is 29.4 Å². The Morgan fingerprint density at radius 3 is 2.64 bits per heavy atom. The van der Waals surface area contributed by atoms with Crippen molar-refractivity contribution in [2.75, 3.05) is 0 Å². The maximum atomic E-state index is 13.6. The maximum Gasteiger partial charge on any atom is 0.321 e. The first kappa shape index (κ1) is 35.2. The highest BCUT2D eigenvalue weighted by molar-refractivity contribution is 6.01. The number of ether oxygens (including phenoxy) is 1. The molecule has 0 bridgehead atoms. The number of fused-ring (bicyclic) bond motifs is 5. The number of ketones is 2. The van der Waals surface area contributed by atoms with Crippen molar-refractivity contribution in [3.8, 4) is 0 Å². The van der Waals surface area contributed by atoms with Crippen molar-refractivity contribution in [1.82, 2.24) is 14.9 Å². The number of nitrogens with two attached hydrogens (primary N) is 1. The standard InChI is InChI=1S/C36H52N4O7/c1-7-29(42)36(6)20(2)14-26-25-9-8-22-15-24(41)10-12-34(22,4)31(25)28(17-35(26,36)5)47-30(43)11-13-40-18-23(38-19-40)16-27(33(45)46)39-32(44)21(3)37/h10,12,15,18-21,25-28,31-32,39,44H,7-9,11,13-14,16-17,37H2,1-6H3,(H,45,46)/t20-,21?,25+,26+,27?,28+,31-,32?,34+,35+,36-/m1/s1. The Kier molecular flexibility index (Phi) is 9.76. The van der Waals surface area contributed by atoms with E-state index in [4.69, 9.17) is 10.5 Å².